The summed E-state index contributed by atoms with van der Waals surface area (Å²) in [5.74, 6) is -0.556. The van der Waals surface area contributed by atoms with E-state index in [1.54, 1.807) is 6.92 Å². The van der Waals surface area contributed by atoms with Crippen molar-refractivity contribution >= 4 is 16.8 Å². The first-order chi connectivity index (χ1) is 10.6. The van der Waals surface area contributed by atoms with Gasteiger partial charge >= 0.3 is 6.18 Å². The lowest BCUT2D eigenvalue weighted by molar-refractivity contribution is -0.137. The third kappa shape index (κ3) is 2.81. The number of H-pyrrole nitrogens is 1. The predicted octanol–water partition coefficient (Wildman–Crippen LogP) is 1.75. The molecule has 0 atom stereocenters. The Morgan fingerprint density at radius 1 is 1.30 bits per heavy atom. The molecule has 2 heterocycles. The molecule has 23 heavy (non-hydrogen) atoms. The molecule has 1 aliphatic rings. The van der Waals surface area contributed by atoms with Crippen LogP contribution in [-0.4, -0.2) is 39.6 Å². The summed E-state index contributed by atoms with van der Waals surface area (Å²) in [6.07, 6.45) is -4.51. The highest BCUT2D eigenvalue weighted by Crippen LogP contribution is 2.31. The number of nitrogens with one attached hydrogen (secondary N) is 1. The number of hydrogen-bond acceptors (Lipinski definition) is 3. The zero-order valence-corrected chi connectivity index (χ0v) is 12.1. The van der Waals surface area contributed by atoms with Gasteiger partial charge in [0.1, 0.15) is 5.56 Å². The number of carbonyl (C=O) groups is 1. The van der Waals surface area contributed by atoms with E-state index in [1.165, 1.54) is 17.0 Å². The molecule has 2 N–H and O–H groups in total. The van der Waals surface area contributed by atoms with Gasteiger partial charge in [-0.15, -0.1) is 0 Å². The van der Waals surface area contributed by atoms with Crippen LogP contribution in [0.1, 0.15) is 22.8 Å². The number of alkyl halides is 3. The smallest absolute Gasteiger partial charge is 0.386 e. The highest BCUT2D eigenvalue weighted by molar-refractivity contribution is 5.97. The van der Waals surface area contributed by atoms with Crippen LogP contribution in [-0.2, 0) is 6.18 Å². The normalized spacial score (nSPS) is 17.2. The number of aliphatic hydroxyl groups is 1. The van der Waals surface area contributed by atoms with Crippen molar-refractivity contribution in [2.45, 2.75) is 18.7 Å². The Morgan fingerprint density at radius 2 is 1.96 bits per heavy atom. The Labute approximate surface area is 128 Å². The Morgan fingerprint density at radius 3 is 2.52 bits per heavy atom. The van der Waals surface area contributed by atoms with Crippen LogP contribution in [0.25, 0.3) is 10.9 Å². The molecule has 1 saturated heterocycles. The number of likely N-dealkylation sites (tertiary alicyclic amines) is 1. The molecule has 0 aliphatic carbocycles. The molecule has 5 nitrogen and oxygen atoms in total. The molecule has 0 bridgehead atoms. The Balaban J connectivity index is 1.99. The van der Waals surface area contributed by atoms with Crippen molar-refractivity contribution in [2.75, 3.05) is 13.1 Å². The van der Waals surface area contributed by atoms with Gasteiger partial charge in [0.2, 0.25) is 0 Å². The van der Waals surface area contributed by atoms with Crippen LogP contribution in [0.3, 0.4) is 0 Å². The fraction of sp³-hybridized carbons (Fsp3) is 0.333. The number of carbonyl (C=O) groups excluding carboxylic acids is 1. The predicted molar refractivity (Wildman–Crippen MR) is 76.1 cm³/mol. The second kappa shape index (κ2) is 4.82. The van der Waals surface area contributed by atoms with Crippen molar-refractivity contribution in [1.82, 2.24) is 9.88 Å². The van der Waals surface area contributed by atoms with Gasteiger partial charge in [0, 0.05) is 5.52 Å². The molecule has 2 aromatic rings. The number of fused-ring (bicyclic) bond motifs is 1. The number of aromatic amines is 1. The van der Waals surface area contributed by atoms with Gasteiger partial charge in [-0.1, -0.05) is 6.07 Å². The zero-order valence-electron chi connectivity index (χ0n) is 12.1. The van der Waals surface area contributed by atoms with Gasteiger partial charge in [-0.3, -0.25) is 9.59 Å². The van der Waals surface area contributed by atoms with E-state index in [9.17, 15) is 27.9 Å². The van der Waals surface area contributed by atoms with Crippen molar-refractivity contribution < 1.29 is 23.1 Å². The molecule has 8 heteroatoms. The molecule has 1 aromatic carbocycles. The summed E-state index contributed by atoms with van der Waals surface area (Å²) in [5, 5.41) is 9.97. The van der Waals surface area contributed by atoms with Crippen LogP contribution in [0.15, 0.2) is 29.1 Å². The van der Waals surface area contributed by atoms with Crippen molar-refractivity contribution in [3.8, 4) is 0 Å². The van der Waals surface area contributed by atoms with E-state index in [0.29, 0.717) is 5.39 Å². The van der Waals surface area contributed by atoms with Gasteiger partial charge in [0.15, 0.2) is 0 Å². The molecule has 0 spiro atoms. The second-order valence-electron chi connectivity index (χ2n) is 5.97. The monoisotopic (exact) mass is 326 g/mol. The van der Waals surface area contributed by atoms with Gasteiger partial charge in [-0.05, 0) is 30.5 Å². The van der Waals surface area contributed by atoms with Gasteiger partial charge in [0.25, 0.3) is 11.5 Å². The highest BCUT2D eigenvalue weighted by atomic mass is 19.4. The topological polar surface area (TPSA) is 73.4 Å². The summed E-state index contributed by atoms with van der Waals surface area (Å²) in [6, 6.07) is 4.20. The third-order valence-electron chi connectivity index (χ3n) is 3.75. The van der Waals surface area contributed by atoms with E-state index < -0.39 is 28.8 Å². The highest BCUT2D eigenvalue weighted by Gasteiger charge is 2.40. The SMILES string of the molecule is CC1(O)CN(C(=O)c2cc3ccc(C(F)(F)F)cc3[nH]c2=O)C1. The minimum Gasteiger partial charge on any atom is -0.386 e. The van der Waals surface area contributed by atoms with Gasteiger partial charge < -0.3 is 15.0 Å². The number of hydrogen-bond donors (Lipinski definition) is 2. The molecule has 1 aliphatic heterocycles. The lowest BCUT2D eigenvalue weighted by Gasteiger charge is -2.44. The summed E-state index contributed by atoms with van der Waals surface area (Å²) in [5.41, 5.74) is -2.75. The number of pyridine rings is 1. The first kappa shape index (κ1) is 15.5. The molecule has 3 rings (SSSR count). The Kier molecular flexibility index (Phi) is 3.26. The molecule has 1 fully saturated rings. The molecular formula is C15H13F3N2O3. The lowest BCUT2D eigenvalue weighted by atomic mass is 9.96. The van der Waals surface area contributed by atoms with Crippen LogP contribution in [0.5, 0.6) is 0 Å². The number of benzene rings is 1. The van der Waals surface area contributed by atoms with Crippen molar-refractivity contribution in [2.24, 2.45) is 0 Å². The Bertz CT molecular complexity index is 847. The fourth-order valence-corrected chi connectivity index (χ4v) is 2.63. The maximum Gasteiger partial charge on any atom is 0.416 e. The molecular weight excluding hydrogens is 313 g/mol. The number of halogens is 3. The van der Waals surface area contributed by atoms with E-state index in [1.807, 2.05) is 0 Å². The minimum atomic E-state index is -4.51. The van der Waals surface area contributed by atoms with Gasteiger partial charge in [-0.2, -0.15) is 13.2 Å². The maximum atomic E-state index is 12.7. The standard InChI is InChI=1S/C15H13F3N2O3/c1-14(23)6-20(7-14)13(22)10-4-8-2-3-9(15(16,17)18)5-11(8)19-12(10)21/h2-5,23H,6-7H2,1H3,(H,19,21). The summed E-state index contributed by atoms with van der Waals surface area (Å²) in [7, 11) is 0. The van der Waals surface area contributed by atoms with E-state index in [0.717, 1.165) is 12.1 Å². The van der Waals surface area contributed by atoms with Crippen LogP contribution in [0.2, 0.25) is 0 Å². The van der Waals surface area contributed by atoms with E-state index in [2.05, 4.69) is 4.98 Å². The van der Waals surface area contributed by atoms with E-state index in [4.69, 9.17) is 0 Å². The van der Waals surface area contributed by atoms with E-state index >= 15 is 0 Å². The average Bonchev–Trinajstić information content (AvgIpc) is 2.41. The first-order valence-electron chi connectivity index (χ1n) is 6.83. The molecule has 0 saturated carbocycles. The van der Waals surface area contributed by atoms with Crippen molar-refractivity contribution in [3.63, 3.8) is 0 Å². The largest absolute Gasteiger partial charge is 0.416 e. The van der Waals surface area contributed by atoms with Crippen LogP contribution >= 0.6 is 0 Å². The van der Waals surface area contributed by atoms with E-state index in [-0.39, 0.29) is 24.2 Å². The molecule has 1 aromatic heterocycles. The summed E-state index contributed by atoms with van der Waals surface area (Å²) in [4.78, 5) is 27.8. The summed E-state index contributed by atoms with van der Waals surface area (Å²) >= 11 is 0. The molecule has 0 unspecified atom stereocenters. The number of aromatic nitrogens is 1. The number of rotatable bonds is 1. The fourth-order valence-electron chi connectivity index (χ4n) is 2.63. The Hall–Kier alpha value is -2.35. The third-order valence-corrected chi connectivity index (χ3v) is 3.75. The molecule has 0 radical (unpaired) electrons. The number of β-amino-alcohol motifs (C(OH)–C–C–N with tert-alkyl or cyclic N) is 1. The van der Waals surface area contributed by atoms with Crippen molar-refractivity contribution in [1.29, 1.82) is 0 Å². The zero-order chi connectivity index (χ0) is 17.0. The minimum absolute atomic E-state index is 0.0111. The van der Waals surface area contributed by atoms with Crippen molar-refractivity contribution in [3.05, 3.63) is 45.7 Å². The quantitative estimate of drug-likeness (QED) is 0.838. The first-order valence-corrected chi connectivity index (χ1v) is 6.83. The summed E-state index contributed by atoms with van der Waals surface area (Å²) < 4.78 is 38.0. The van der Waals surface area contributed by atoms with Crippen LogP contribution in [0, 0.1) is 0 Å². The van der Waals surface area contributed by atoms with Gasteiger partial charge in [-0.25, -0.2) is 0 Å². The molecule has 122 valence electrons. The molecule has 1 amide bonds. The van der Waals surface area contributed by atoms with Crippen LogP contribution < -0.4 is 5.56 Å². The maximum absolute atomic E-state index is 12.7. The second-order valence-corrected chi connectivity index (χ2v) is 5.97. The average molecular weight is 326 g/mol. The van der Waals surface area contributed by atoms with Crippen LogP contribution in [0.4, 0.5) is 13.2 Å². The number of amides is 1. The number of nitrogens with zero attached hydrogens (tertiary/aromatic N) is 1. The lowest BCUT2D eigenvalue weighted by Crippen LogP contribution is -2.62. The van der Waals surface area contributed by atoms with Gasteiger partial charge in [0.05, 0.1) is 24.3 Å². The summed E-state index contributed by atoms with van der Waals surface area (Å²) in [6.45, 7) is 1.78.